The fourth-order valence-corrected chi connectivity index (χ4v) is 6.59. The third-order valence-electron chi connectivity index (χ3n) is 10.0. The molecule has 0 spiro atoms. The molecule has 0 fully saturated rings. The predicted molar refractivity (Wildman–Crippen MR) is 218 cm³/mol. The van der Waals surface area contributed by atoms with E-state index in [2.05, 4.69) is 50.4 Å². The Kier molecular flexibility index (Phi) is 38.3. The highest BCUT2D eigenvalue weighted by Gasteiger charge is 2.24. The zero-order valence-corrected chi connectivity index (χ0v) is 34.0. The molecule has 3 unspecified atom stereocenters. The van der Waals surface area contributed by atoms with E-state index in [1.165, 1.54) is 103 Å². The topological polar surface area (TPSA) is 95.9 Å². The van der Waals surface area contributed by atoms with Crippen molar-refractivity contribution < 1.29 is 24.5 Å². The number of aliphatic hydroxyl groups is 2. The van der Waals surface area contributed by atoms with Crippen molar-refractivity contribution in [3.8, 4) is 0 Å². The van der Waals surface area contributed by atoms with Gasteiger partial charge in [-0.2, -0.15) is 0 Å². The van der Waals surface area contributed by atoms with Crippen LogP contribution in [0.5, 0.6) is 0 Å². The number of amides is 1. The molecule has 0 aliphatic heterocycles. The van der Waals surface area contributed by atoms with Gasteiger partial charge in [0.25, 0.3) is 0 Å². The van der Waals surface area contributed by atoms with Gasteiger partial charge in [0.15, 0.2) is 0 Å². The lowest BCUT2D eigenvalue weighted by Crippen LogP contribution is -2.46. The van der Waals surface area contributed by atoms with Crippen molar-refractivity contribution >= 4 is 11.9 Å². The van der Waals surface area contributed by atoms with Crippen molar-refractivity contribution in [1.82, 2.24) is 5.32 Å². The molecule has 300 valence electrons. The number of carbonyl (C=O) groups is 2. The smallest absolute Gasteiger partial charge is 0.306 e. The van der Waals surface area contributed by atoms with E-state index < -0.39 is 18.2 Å². The molecular formula is C45H85NO5. The zero-order valence-electron chi connectivity index (χ0n) is 34.0. The SMILES string of the molecule is CCCCC/C=C\CCCCCCCC(=O)OC(CCCCC/C=C\CCCCC)CC(=O)NC(CO)C(O)CCCCCCCCCCCC. The summed E-state index contributed by atoms with van der Waals surface area (Å²) < 4.78 is 5.87. The Balaban J connectivity index is 4.60. The number of carbonyl (C=O) groups excluding carboxylic acids is 2. The largest absolute Gasteiger partial charge is 0.462 e. The number of rotatable bonds is 39. The first kappa shape index (κ1) is 49.3. The van der Waals surface area contributed by atoms with E-state index in [1.54, 1.807) is 0 Å². The van der Waals surface area contributed by atoms with Crippen LogP contribution < -0.4 is 5.32 Å². The molecule has 0 radical (unpaired) electrons. The van der Waals surface area contributed by atoms with E-state index in [9.17, 15) is 19.8 Å². The molecule has 0 bridgehead atoms. The summed E-state index contributed by atoms with van der Waals surface area (Å²) in [5.74, 6) is -0.499. The summed E-state index contributed by atoms with van der Waals surface area (Å²) in [5, 5.41) is 23.5. The quantitative estimate of drug-likeness (QED) is 0.0334. The first-order valence-electron chi connectivity index (χ1n) is 22.1. The van der Waals surface area contributed by atoms with Crippen molar-refractivity contribution in [2.24, 2.45) is 0 Å². The number of ether oxygens (including phenoxy) is 1. The van der Waals surface area contributed by atoms with Crippen molar-refractivity contribution in [2.75, 3.05) is 6.61 Å². The van der Waals surface area contributed by atoms with Crippen LogP contribution in [0.3, 0.4) is 0 Å². The van der Waals surface area contributed by atoms with Gasteiger partial charge in [-0.1, -0.05) is 161 Å². The number of esters is 1. The van der Waals surface area contributed by atoms with Gasteiger partial charge >= 0.3 is 5.97 Å². The normalized spacial score (nSPS) is 13.6. The van der Waals surface area contributed by atoms with Crippen molar-refractivity contribution in [1.29, 1.82) is 0 Å². The van der Waals surface area contributed by atoms with Crippen LogP contribution in [0.4, 0.5) is 0 Å². The molecule has 0 aromatic carbocycles. The second-order valence-electron chi connectivity index (χ2n) is 15.1. The number of aliphatic hydroxyl groups excluding tert-OH is 2. The second-order valence-corrected chi connectivity index (χ2v) is 15.1. The summed E-state index contributed by atoms with van der Waals surface area (Å²) >= 11 is 0. The molecule has 1 amide bonds. The Morgan fingerprint density at radius 3 is 1.45 bits per heavy atom. The molecule has 3 atom stereocenters. The number of nitrogens with one attached hydrogen (secondary N) is 1. The minimum atomic E-state index is -0.786. The van der Waals surface area contributed by atoms with E-state index in [4.69, 9.17) is 4.74 Å². The average Bonchev–Trinajstić information content (AvgIpc) is 3.12. The molecule has 0 heterocycles. The molecule has 0 saturated carbocycles. The van der Waals surface area contributed by atoms with Gasteiger partial charge in [-0.15, -0.1) is 0 Å². The lowest BCUT2D eigenvalue weighted by atomic mass is 10.0. The van der Waals surface area contributed by atoms with Crippen LogP contribution in [-0.2, 0) is 14.3 Å². The summed E-state index contributed by atoms with van der Waals surface area (Å²) in [6.45, 7) is 6.40. The monoisotopic (exact) mass is 720 g/mol. The summed E-state index contributed by atoms with van der Waals surface area (Å²) in [6.07, 6.45) is 42.3. The van der Waals surface area contributed by atoms with Gasteiger partial charge in [0.2, 0.25) is 5.91 Å². The number of hydrogen-bond donors (Lipinski definition) is 3. The first-order chi connectivity index (χ1) is 25.0. The fourth-order valence-electron chi connectivity index (χ4n) is 6.59. The number of hydrogen-bond acceptors (Lipinski definition) is 5. The Morgan fingerprint density at radius 2 is 0.941 bits per heavy atom. The molecule has 0 aromatic rings. The van der Waals surface area contributed by atoms with Crippen LogP contribution in [0.25, 0.3) is 0 Å². The maximum Gasteiger partial charge on any atom is 0.306 e. The van der Waals surface area contributed by atoms with Gasteiger partial charge in [-0.25, -0.2) is 0 Å². The number of unbranched alkanes of at least 4 members (excludes halogenated alkanes) is 23. The zero-order chi connectivity index (χ0) is 37.5. The minimum Gasteiger partial charge on any atom is -0.462 e. The van der Waals surface area contributed by atoms with Crippen molar-refractivity contribution in [3.05, 3.63) is 24.3 Å². The summed E-state index contributed by atoms with van der Waals surface area (Å²) in [7, 11) is 0. The van der Waals surface area contributed by atoms with Gasteiger partial charge in [0, 0.05) is 6.42 Å². The molecule has 0 rings (SSSR count). The summed E-state index contributed by atoms with van der Waals surface area (Å²) in [5.41, 5.74) is 0. The van der Waals surface area contributed by atoms with Gasteiger partial charge in [-0.3, -0.25) is 9.59 Å². The van der Waals surface area contributed by atoms with Crippen LogP contribution in [-0.4, -0.2) is 46.9 Å². The molecule has 6 nitrogen and oxygen atoms in total. The van der Waals surface area contributed by atoms with Crippen LogP contribution in [0.15, 0.2) is 24.3 Å². The van der Waals surface area contributed by atoms with Crippen LogP contribution in [0.1, 0.15) is 226 Å². The summed E-state index contributed by atoms with van der Waals surface area (Å²) in [6, 6.07) is -0.701. The lowest BCUT2D eigenvalue weighted by Gasteiger charge is -2.24. The highest BCUT2D eigenvalue weighted by atomic mass is 16.5. The molecule has 6 heteroatoms. The Hall–Kier alpha value is -1.66. The molecule has 0 aromatic heterocycles. The van der Waals surface area contributed by atoms with Gasteiger partial charge in [0.05, 0.1) is 25.2 Å². The third-order valence-corrected chi connectivity index (χ3v) is 10.0. The minimum absolute atomic E-state index is 0.0660. The van der Waals surface area contributed by atoms with Crippen molar-refractivity contribution in [3.63, 3.8) is 0 Å². The third kappa shape index (κ3) is 35.2. The van der Waals surface area contributed by atoms with E-state index in [-0.39, 0.29) is 24.9 Å². The van der Waals surface area contributed by atoms with Crippen molar-refractivity contribution in [2.45, 2.75) is 244 Å². The summed E-state index contributed by atoms with van der Waals surface area (Å²) in [4.78, 5) is 25.9. The highest BCUT2D eigenvalue weighted by molar-refractivity contribution is 5.77. The van der Waals surface area contributed by atoms with Crippen LogP contribution in [0, 0.1) is 0 Å². The lowest BCUT2D eigenvalue weighted by molar-refractivity contribution is -0.151. The van der Waals surface area contributed by atoms with Gasteiger partial charge in [-0.05, 0) is 77.0 Å². The molecule has 0 saturated heterocycles. The molecule has 3 N–H and O–H groups in total. The molecule has 51 heavy (non-hydrogen) atoms. The fraction of sp³-hybridized carbons (Fsp3) is 0.867. The maximum atomic E-state index is 13.1. The second kappa shape index (κ2) is 39.5. The highest BCUT2D eigenvalue weighted by Crippen LogP contribution is 2.17. The standard InChI is InChI=1S/C45H85NO5/c1-4-7-10-13-16-19-22-23-26-29-32-35-38-45(50)51-41(36-33-30-27-24-20-17-14-11-8-5-2)39-44(49)46-42(40-47)43(48)37-34-31-28-25-21-18-15-12-9-6-3/h16-17,19-20,41-43,47-48H,4-15,18,21-40H2,1-3H3,(H,46,49)/b19-16-,20-17-. The Morgan fingerprint density at radius 1 is 0.549 bits per heavy atom. The Bertz CT molecular complexity index is 812. The molecular weight excluding hydrogens is 634 g/mol. The first-order valence-corrected chi connectivity index (χ1v) is 22.1. The van der Waals surface area contributed by atoms with E-state index in [1.807, 2.05) is 0 Å². The van der Waals surface area contributed by atoms with E-state index >= 15 is 0 Å². The number of allylic oxidation sites excluding steroid dienone is 4. The molecule has 0 aliphatic rings. The average molecular weight is 720 g/mol. The predicted octanol–water partition coefficient (Wildman–Crippen LogP) is 12.4. The van der Waals surface area contributed by atoms with Gasteiger partial charge < -0.3 is 20.3 Å². The van der Waals surface area contributed by atoms with Crippen LogP contribution >= 0.6 is 0 Å². The van der Waals surface area contributed by atoms with Gasteiger partial charge in [0.1, 0.15) is 6.10 Å². The van der Waals surface area contributed by atoms with E-state index in [0.29, 0.717) is 19.3 Å². The van der Waals surface area contributed by atoms with Crippen LogP contribution in [0.2, 0.25) is 0 Å². The Labute approximate surface area is 316 Å². The maximum absolute atomic E-state index is 13.1. The molecule has 0 aliphatic carbocycles. The van der Waals surface area contributed by atoms with E-state index in [0.717, 1.165) is 77.0 Å².